The molecule has 2 aromatic carbocycles. The Kier molecular flexibility index (Phi) is 9.06. The van der Waals surface area contributed by atoms with Crippen molar-refractivity contribution >= 4 is 22.0 Å². The predicted octanol–water partition coefficient (Wildman–Crippen LogP) is 4.63. The second kappa shape index (κ2) is 11.9. The number of rotatable bonds is 5. The third kappa shape index (κ3) is 6.98. The molecular weight excluding hydrogens is 614 g/mol. The van der Waals surface area contributed by atoms with Crippen molar-refractivity contribution in [2.75, 3.05) is 52.6 Å². The summed E-state index contributed by atoms with van der Waals surface area (Å²) < 4.78 is 107. The van der Waals surface area contributed by atoms with Gasteiger partial charge in [-0.3, -0.25) is 4.79 Å². The molecule has 2 aliphatic rings. The Morgan fingerprint density at radius 1 is 0.795 bits per heavy atom. The number of carbonyl (C=O) groups is 2. The fourth-order valence-electron chi connectivity index (χ4n) is 5.80. The largest absolute Gasteiger partial charge is 0.416 e. The van der Waals surface area contributed by atoms with Gasteiger partial charge in [-0.05, 0) is 43.2 Å². The highest BCUT2D eigenvalue weighted by Gasteiger charge is 2.46. The van der Waals surface area contributed by atoms with E-state index in [9.17, 15) is 44.3 Å². The maximum absolute atomic E-state index is 13.9. The minimum Gasteiger partial charge on any atom is -0.340 e. The molecule has 242 valence electrons. The Hall–Kier alpha value is -3.33. The Labute approximate surface area is 252 Å². The first-order valence-electron chi connectivity index (χ1n) is 13.8. The van der Waals surface area contributed by atoms with Gasteiger partial charge in [0.15, 0.2) is 0 Å². The number of alkyl halides is 6. The fourth-order valence-corrected chi connectivity index (χ4v) is 6.63. The number of hydrogen-bond acceptors (Lipinski definition) is 4. The van der Waals surface area contributed by atoms with Crippen molar-refractivity contribution in [3.63, 3.8) is 0 Å². The Bertz CT molecular complexity index is 1460. The van der Waals surface area contributed by atoms with Crippen LogP contribution in [-0.2, 0) is 32.6 Å². The van der Waals surface area contributed by atoms with Crippen molar-refractivity contribution < 1.29 is 44.3 Å². The summed E-state index contributed by atoms with van der Waals surface area (Å²) in [7, 11) is -1.98. The molecule has 2 atom stereocenters. The average Bonchev–Trinajstić information content (AvgIpc) is 3.40. The number of likely N-dealkylation sites (N-methyl/N-ethyl adjacent to an activating group) is 1. The first kappa shape index (κ1) is 33.6. The van der Waals surface area contributed by atoms with Crippen molar-refractivity contribution in [1.82, 2.24) is 19.0 Å². The van der Waals surface area contributed by atoms with Gasteiger partial charge in [0.2, 0.25) is 15.9 Å². The maximum Gasteiger partial charge on any atom is 0.416 e. The van der Waals surface area contributed by atoms with Gasteiger partial charge in [-0.1, -0.05) is 30.3 Å². The number of piperazine rings is 1. The zero-order valence-electron chi connectivity index (χ0n) is 24.6. The number of sulfonamides is 1. The van der Waals surface area contributed by atoms with E-state index in [0.29, 0.717) is 12.1 Å². The number of hydrogen-bond donors (Lipinski definition) is 0. The molecule has 15 heteroatoms. The lowest BCUT2D eigenvalue weighted by Crippen LogP contribution is -2.54. The van der Waals surface area contributed by atoms with Crippen molar-refractivity contribution in [2.45, 2.75) is 43.6 Å². The van der Waals surface area contributed by atoms with E-state index in [4.69, 9.17) is 0 Å². The normalized spacial score (nSPS) is 20.6. The molecule has 2 aliphatic heterocycles. The number of benzene rings is 2. The van der Waals surface area contributed by atoms with Crippen LogP contribution in [-0.4, -0.2) is 98.0 Å². The molecule has 0 saturated carbocycles. The predicted molar refractivity (Wildman–Crippen MR) is 150 cm³/mol. The van der Waals surface area contributed by atoms with Crippen LogP contribution in [0.4, 0.5) is 31.1 Å². The maximum atomic E-state index is 13.9. The number of urea groups is 1. The lowest BCUT2D eigenvalue weighted by Gasteiger charge is -2.37. The van der Waals surface area contributed by atoms with Crippen LogP contribution in [0.15, 0.2) is 48.5 Å². The Morgan fingerprint density at radius 3 is 1.77 bits per heavy atom. The van der Waals surface area contributed by atoms with Crippen LogP contribution in [0, 0.1) is 0 Å². The molecule has 8 nitrogen and oxygen atoms in total. The quantitative estimate of drug-likeness (QED) is 0.444. The van der Waals surface area contributed by atoms with Crippen molar-refractivity contribution in [1.29, 1.82) is 0 Å². The molecular formula is C29H34F6N4O4S. The van der Waals surface area contributed by atoms with E-state index >= 15 is 0 Å². The third-order valence-corrected chi connectivity index (χ3v) is 9.73. The highest BCUT2D eigenvalue weighted by molar-refractivity contribution is 7.88. The molecule has 0 aromatic heterocycles. The number of halogens is 6. The number of nitrogens with zero attached hydrogens (tertiary/aromatic N) is 4. The number of amides is 3. The van der Waals surface area contributed by atoms with Gasteiger partial charge in [0.1, 0.15) is 0 Å². The molecule has 2 heterocycles. The van der Waals surface area contributed by atoms with Crippen LogP contribution in [0.2, 0.25) is 0 Å². The minimum atomic E-state index is -5.07. The highest BCUT2D eigenvalue weighted by atomic mass is 32.2. The van der Waals surface area contributed by atoms with Crippen LogP contribution < -0.4 is 0 Å². The molecule has 0 aliphatic carbocycles. The smallest absolute Gasteiger partial charge is 0.340 e. The number of likely N-dealkylation sites (tertiary alicyclic amines) is 1. The number of carbonyl (C=O) groups excluding carboxylic acids is 2. The monoisotopic (exact) mass is 648 g/mol. The molecule has 0 unspecified atom stereocenters. The molecule has 0 spiro atoms. The lowest BCUT2D eigenvalue weighted by atomic mass is 9.80. The van der Waals surface area contributed by atoms with Crippen molar-refractivity contribution in [3.8, 4) is 0 Å². The van der Waals surface area contributed by atoms with Crippen molar-refractivity contribution in [2.24, 2.45) is 0 Å². The Balaban J connectivity index is 1.63. The lowest BCUT2D eigenvalue weighted by molar-refractivity contribution is -0.144. The summed E-state index contributed by atoms with van der Waals surface area (Å²) in [4.78, 5) is 31.8. The topological polar surface area (TPSA) is 81.2 Å². The second-order valence-electron chi connectivity index (χ2n) is 11.8. The molecule has 0 radical (unpaired) electrons. The Morgan fingerprint density at radius 2 is 1.30 bits per heavy atom. The molecule has 4 rings (SSSR count). The van der Waals surface area contributed by atoms with Gasteiger partial charge in [-0.25, -0.2) is 13.2 Å². The molecule has 2 saturated heterocycles. The summed E-state index contributed by atoms with van der Waals surface area (Å²) in [6.45, 7) is 3.40. The summed E-state index contributed by atoms with van der Waals surface area (Å²) in [6, 6.07) is 9.16. The first-order valence-corrected chi connectivity index (χ1v) is 15.7. The summed E-state index contributed by atoms with van der Waals surface area (Å²) in [5.74, 6) is -1.12. The van der Waals surface area contributed by atoms with Crippen LogP contribution in [0.25, 0.3) is 0 Å². The van der Waals surface area contributed by atoms with Gasteiger partial charge in [-0.2, -0.15) is 30.6 Å². The molecule has 2 fully saturated rings. The fraction of sp³-hybridized carbons (Fsp3) is 0.517. The van der Waals surface area contributed by atoms with E-state index in [1.165, 1.54) is 35.0 Å². The summed E-state index contributed by atoms with van der Waals surface area (Å²) in [6.07, 6.45) is -9.05. The summed E-state index contributed by atoms with van der Waals surface area (Å²) in [5.41, 5.74) is -4.47. The molecule has 2 aromatic rings. The van der Waals surface area contributed by atoms with E-state index in [2.05, 4.69) is 0 Å². The van der Waals surface area contributed by atoms with E-state index < -0.39 is 62.3 Å². The van der Waals surface area contributed by atoms with E-state index in [-0.39, 0.29) is 51.4 Å². The highest BCUT2D eigenvalue weighted by Crippen LogP contribution is 2.40. The zero-order valence-corrected chi connectivity index (χ0v) is 25.4. The van der Waals surface area contributed by atoms with E-state index in [1.54, 1.807) is 23.1 Å². The van der Waals surface area contributed by atoms with Crippen LogP contribution in [0.1, 0.15) is 42.0 Å². The second-order valence-corrected chi connectivity index (χ2v) is 13.7. The SMILES string of the molecule is CN(C(=O)C(C)(C)c1cc(C(F)(F)F)cc(C(F)(F)F)c1)[C@@H]1CN(C(=O)N2CCN(S(C)(=O)=O)CC2)C[C@H]1c1ccccc1. The average molecular weight is 649 g/mol. The van der Waals surface area contributed by atoms with Gasteiger partial charge >= 0.3 is 18.4 Å². The van der Waals surface area contributed by atoms with E-state index in [1.807, 2.05) is 12.1 Å². The summed E-state index contributed by atoms with van der Waals surface area (Å²) >= 11 is 0. The standard InChI is InChI=1S/C29H34F6N4O4S/c1-27(2,20-14-21(28(30,31)32)16-22(15-20)29(33,34)35)25(40)36(3)24-18-38(17-23(24)19-8-6-5-7-9-19)26(41)37-10-12-39(13-11-37)44(4,42)43/h5-9,14-16,23-24H,10-13,17-18H2,1-4H3/t23-,24+/m0/s1. The first-order chi connectivity index (χ1) is 20.2. The molecule has 0 bridgehead atoms. The molecule has 0 N–H and O–H groups in total. The van der Waals surface area contributed by atoms with Crippen LogP contribution in [0.3, 0.4) is 0 Å². The van der Waals surface area contributed by atoms with Gasteiger partial charge < -0.3 is 14.7 Å². The molecule has 44 heavy (non-hydrogen) atoms. The van der Waals surface area contributed by atoms with Gasteiger partial charge in [-0.15, -0.1) is 0 Å². The van der Waals surface area contributed by atoms with E-state index in [0.717, 1.165) is 11.8 Å². The molecule has 3 amide bonds. The third-order valence-electron chi connectivity index (χ3n) is 8.43. The van der Waals surface area contributed by atoms with Crippen molar-refractivity contribution in [3.05, 3.63) is 70.8 Å². The van der Waals surface area contributed by atoms with Gasteiger partial charge in [0.05, 0.1) is 28.8 Å². The van der Waals surface area contributed by atoms with Crippen LogP contribution in [0.5, 0.6) is 0 Å². The minimum absolute atomic E-state index is 0.0232. The van der Waals surface area contributed by atoms with Crippen LogP contribution >= 0.6 is 0 Å². The van der Waals surface area contributed by atoms with Gasteiger partial charge in [0, 0.05) is 52.2 Å². The van der Waals surface area contributed by atoms with Gasteiger partial charge in [0.25, 0.3) is 0 Å². The summed E-state index contributed by atoms with van der Waals surface area (Å²) in [5, 5.41) is 0. The zero-order chi connectivity index (χ0) is 32.8.